The Bertz CT molecular complexity index is 328. The average molecular weight is 225 g/mol. The summed E-state index contributed by atoms with van der Waals surface area (Å²) >= 11 is 1.67. The van der Waals surface area contributed by atoms with Crippen molar-refractivity contribution >= 4 is 17.5 Å². The highest BCUT2D eigenvalue weighted by Gasteiger charge is 2.06. The number of nitrogens with zero attached hydrogens (tertiary/aromatic N) is 1. The quantitative estimate of drug-likeness (QED) is 0.697. The molecule has 1 aromatic heterocycles. The summed E-state index contributed by atoms with van der Waals surface area (Å²) in [6, 6.07) is 1.75. The smallest absolute Gasteiger partial charge is 0.165 e. The first kappa shape index (κ1) is 12.0. The Morgan fingerprint density at radius 1 is 1.53 bits per heavy atom. The van der Waals surface area contributed by atoms with E-state index in [1.165, 1.54) is 0 Å². The van der Waals surface area contributed by atoms with Crippen LogP contribution < -0.4 is 4.74 Å². The lowest BCUT2D eigenvalue weighted by Crippen LogP contribution is -2.02. The molecular weight excluding hydrogens is 210 g/mol. The third-order valence-corrected chi connectivity index (χ3v) is 2.49. The maximum atomic E-state index is 11.7. The van der Waals surface area contributed by atoms with Crippen LogP contribution in [0, 0.1) is 0 Å². The molecule has 0 fully saturated rings. The summed E-state index contributed by atoms with van der Waals surface area (Å²) in [4.78, 5) is 15.6. The maximum absolute atomic E-state index is 11.7. The molecule has 0 radical (unpaired) electrons. The van der Waals surface area contributed by atoms with Crippen molar-refractivity contribution in [2.75, 3.05) is 18.6 Å². The fourth-order valence-electron chi connectivity index (χ4n) is 1.16. The van der Waals surface area contributed by atoms with Crippen LogP contribution in [0.4, 0.5) is 0 Å². The first-order valence-corrected chi connectivity index (χ1v) is 6.27. The van der Waals surface area contributed by atoms with Crippen LogP contribution in [-0.2, 0) is 0 Å². The topological polar surface area (TPSA) is 39.2 Å². The number of aromatic nitrogens is 1. The number of ether oxygens (including phenoxy) is 1. The Kier molecular flexibility index (Phi) is 5.18. The van der Waals surface area contributed by atoms with Crippen molar-refractivity contribution in [2.24, 2.45) is 0 Å². The van der Waals surface area contributed by atoms with E-state index < -0.39 is 0 Å². The Morgan fingerprint density at radius 2 is 2.33 bits per heavy atom. The normalized spacial score (nSPS) is 10.0. The lowest BCUT2D eigenvalue weighted by atomic mass is 10.1. The standard InChI is InChI=1S/C11H15NO2S/c1-3-14-10-6-9(7-12-8-10)11(13)4-5-15-2/h6-8H,3-5H2,1-2H3. The Labute approximate surface area is 94.2 Å². The molecule has 0 aromatic carbocycles. The third-order valence-electron chi connectivity index (χ3n) is 1.88. The largest absolute Gasteiger partial charge is 0.492 e. The van der Waals surface area contributed by atoms with E-state index in [4.69, 9.17) is 4.74 Å². The molecule has 0 spiro atoms. The molecule has 15 heavy (non-hydrogen) atoms. The predicted octanol–water partition coefficient (Wildman–Crippen LogP) is 2.42. The van der Waals surface area contributed by atoms with Gasteiger partial charge in [0.05, 0.1) is 12.8 Å². The van der Waals surface area contributed by atoms with Crippen LogP contribution in [0.1, 0.15) is 23.7 Å². The number of rotatable bonds is 6. The molecule has 0 bridgehead atoms. The van der Waals surface area contributed by atoms with Gasteiger partial charge in [-0.05, 0) is 19.2 Å². The van der Waals surface area contributed by atoms with Crippen molar-refractivity contribution < 1.29 is 9.53 Å². The van der Waals surface area contributed by atoms with E-state index in [2.05, 4.69) is 4.98 Å². The first-order valence-electron chi connectivity index (χ1n) is 4.88. The number of thioether (sulfide) groups is 1. The molecule has 82 valence electrons. The molecule has 0 aliphatic carbocycles. The highest BCUT2D eigenvalue weighted by Crippen LogP contribution is 2.13. The van der Waals surface area contributed by atoms with E-state index >= 15 is 0 Å². The SMILES string of the molecule is CCOc1cncc(C(=O)CCSC)c1. The maximum Gasteiger partial charge on any atom is 0.165 e. The molecule has 0 aliphatic heterocycles. The lowest BCUT2D eigenvalue weighted by molar-refractivity contribution is 0.0988. The summed E-state index contributed by atoms with van der Waals surface area (Å²) in [5.74, 6) is 1.63. The van der Waals surface area contributed by atoms with Crippen molar-refractivity contribution in [1.82, 2.24) is 4.98 Å². The number of hydrogen-bond acceptors (Lipinski definition) is 4. The minimum Gasteiger partial charge on any atom is -0.492 e. The van der Waals surface area contributed by atoms with Gasteiger partial charge in [-0.1, -0.05) is 0 Å². The number of pyridine rings is 1. The highest BCUT2D eigenvalue weighted by molar-refractivity contribution is 7.98. The van der Waals surface area contributed by atoms with Gasteiger partial charge >= 0.3 is 0 Å². The van der Waals surface area contributed by atoms with E-state index in [1.54, 1.807) is 30.2 Å². The van der Waals surface area contributed by atoms with Gasteiger partial charge in [-0.3, -0.25) is 9.78 Å². The molecule has 0 amide bonds. The fourth-order valence-corrected chi connectivity index (χ4v) is 1.55. The molecule has 3 nitrogen and oxygen atoms in total. The molecule has 1 rings (SSSR count). The van der Waals surface area contributed by atoms with Crippen molar-refractivity contribution in [2.45, 2.75) is 13.3 Å². The summed E-state index contributed by atoms with van der Waals surface area (Å²) < 4.78 is 5.28. The van der Waals surface area contributed by atoms with E-state index in [0.717, 1.165) is 5.75 Å². The molecule has 0 saturated heterocycles. The minimum absolute atomic E-state index is 0.124. The zero-order valence-corrected chi connectivity index (χ0v) is 9.84. The van der Waals surface area contributed by atoms with Crippen molar-refractivity contribution in [3.8, 4) is 5.75 Å². The Hall–Kier alpha value is -1.03. The average Bonchev–Trinajstić information content (AvgIpc) is 2.27. The number of Topliss-reactive ketones (excluding diaryl/α,β-unsaturated/α-hetero) is 1. The van der Waals surface area contributed by atoms with E-state index in [9.17, 15) is 4.79 Å². The predicted molar refractivity (Wildman–Crippen MR) is 62.7 cm³/mol. The van der Waals surface area contributed by atoms with E-state index in [0.29, 0.717) is 24.3 Å². The number of hydrogen-bond donors (Lipinski definition) is 0. The van der Waals surface area contributed by atoms with Gasteiger partial charge in [0.25, 0.3) is 0 Å². The van der Waals surface area contributed by atoms with Crippen LogP contribution in [-0.4, -0.2) is 29.4 Å². The molecule has 0 saturated carbocycles. The molecule has 1 aromatic rings. The molecule has 0 N–H and O–H groups in total. The first-order chi connectivity index (χ1) is 7.27. The summed E-state index contributed by atoms with van der Waals surface area (Å²) in [7, 11) is 0. The molecule has 0 aliphatic rings. The van der Waals surface area contributed by atoms with Crippen LogP contribution in [0.15, 0.2) is 18.5 Å². The number of carbonyl (C=O) groups excluding carboxylic acids is 1. The second kappa shape index (κ2) is 6.45. The third kappa shape index (κ3) is 3.91. The number of carbonyl (C=O) groups is 1. The monoisotopic (exact) mass is 225 g/mol. The molecule has 0 atom stereocenters. The second-order valence-electron chi connectivity index (χ2n) is 3.01. The van der Waals surface area contributed by atoms with Gasteiger partial charge in [0.2, 0.25) is 0 Å². The van der Waals surface area contributed by atoms with E-state index in [-0.39, 0.29) is 5.78 Å². The van der Waals surface area contributed by atoms with Crippen LogP contribution in [0.3, 0.4) is 0 Å². The molecular formula is C11H15NO2S. The van der Waals surface area contributed by atoms with Gasteiger partial charge in [-0.15, -0.1) is 0 Å². The molecule has 1 heterocycles. The van der Waals surface area contributed by atoms with Gasteiger partial charge in [0, 0.05) is 23.9 Å². The van der Waals surface area contributed by atoms with Gasteiger partial charge in [0.15, 0.2) is 5.78 Å². The van der Waals surface area contributed by atoms with Crippen molar-refractivity contribution in [3.05, 3.63) is 24.0 Å². The molecule has 4 heteroatoms. The summed E-state index contributed by atoms with van der Waals surface area (Å²) in [5.41, 5.74) is 0.634. The minimum atomic E-state index is 0.124. The Balaban J connectivity index is 2.67. The van der Waals surface area contributed by atoms with Gasteiger partial charge in [0.1, 0.15) is 5.75 Å². The lowest BCUT2D eigenvalue weighted by Gasteiger charge is -2.04. The summed E-state index contributed by atoms with van der Waals surface area (Å²) in [6.45, 7) is 2.49. The van der Waals surface area contributed by atoms with Crippen molar-refractivity contribution in [3.63, 3.8) is 0 Å². The van der Waals surface area contributed by atoms with Crippen LogP contribution >= 0.6 is 11.8 Å². The van der Waals surface area contributed by atoms with Crippen LogP contribution in [0.25, 0.3) is 0 Å². The van der Waals surface area contributed by atoms with Gasteiger partial charge in [-0.2, -0.15) is 11.8 Å². The van der Waals surface area contributed by atoms with Gasteiger partial charge in [-0.25, -0.2) is 0 Å². The van der Waals surface area contributed by atoms with Gasteiger partial charge < -0.3 is 4.74 Å². The zero-order valence-electron chi connectivity index (χ0n) is 9.03. The fraction of sp³-hybridized carbons (Fsp3) is 0.455. The van der Waals surface area contributed by atoms with Crippen molar-refractivity contribution in [1.29, 1.82) is 0 Å². The highest BCUT2D eigenvalue weighted by atomic mass is 32.2. The van der Waals surface area contributed by atoms with Crippen LogP contribution in [0.5, 0.6) is 5.75 Å². The molecule has 0 unspecified atom stereocenters. The summed E-state index contributed by atoms with van der Waals surface area (Å²) in [5, 5.41) is 0. The second-order valence-corrected chi connectivity index (χ2v) is 3.99. The Morgan fingerprint density at radius 3 is 3.00 bits per heavy atom. The van der Waals surface area contributed by atoms with E-state index in [1.807, 2.05) is 13.2 Å². The van der Waals surface area contributed by atoms with Crippen LogP contribution in [0.2, 0.25) is 0 Å². The zero-order chi connectivity index (χ0) is 11.1. The number of ketones is 1. The summed E-state index contributed by atoms with van der Waals surface area (Å²) in [6.07, 6.45) is 5.75.